The zero-order valence-electron chi connectivity index (χ0n) is 10.8. The number of nitrogens with two attached hydrogens (primary N) is 1. The maximum absolute atomic E-state index is 8.51. The molecule has 0 saturated heterocycles. The molecule has 2 N–H and O–H groups in total. The minimum absolute atomic E-state index is 0. The van der Waals surface area contributed by atoms with E-state index in [4.69, 9.17) is 11.3 Å². The van der Waals surface area contributed by atoms with Crippen LogP contribution in [0.5, 0.6) is 0 Å². The van der Waals surface area contributed by atoms with E-state index in [1.807, 2.05) is 43.4 Å². The minimum Gasteiger partial charge on any atom is -1.00 e. The van der Waals surface area contributed by atoms with Gasteiger partial charge >= 0.3 is 0 Å². The summed E-state index contributed by atoms with van der Waals surface area (Å²) >= 11 is 0. The van der Waals surface area contributed by atoms with E-state index >= 15 is 0 Å². The van der Waals surface area contributed by atoms with Crippen molar-refractivity contribution in [3.63, 3.8) is 0 Å². The predicted octanol–water partition coefficient (Wildman–Crippen LogP) is 0.345. The van der Waals surface area contributed by atoms with E-state index in [2.05, 4.69) is 14.6 Å². The fourth-order valence-corrected chi connectivity index (χ4v) is 2.41. The van der Waals surface area contributed by atoms with Gasteiger partial charge in [-0.2, -0.15) is 4.57 Å². The van der Waals surface area contributed by atoms with Gasteiger partial charge in [-0.15, -0.1) is 0 Å². The second-order valence-corrected chi connectivity index (χ2v) is 4.38. The number of hydrogen-bond donors (Lipinski definition) is 1. The van der Waals surface area contributed by atoms with Crippen molar-refractivity contribution in [2.24, 2.45) is 12.2 Å². The third kappa shape index (κ3) is 1.99. The minimum atomic E-state index is 0. The van der Waals surface area contributed by atoms with Crippen LogP contribution in [0.25, 0.3) is 32.2 Å². The smallest absolute Gasteiger partial charge is 0.214 e. The van der Waals surface area contributed by atoms with Gasteiger partial charge in [0.2, 0.25) is 11.0 Å². The van der Waals surface area contributed by atoms with E-state index in [1.54, 1.807) is 6.07 Å². The lowest BCUT2D eigenvalue weighted by Crippen LogP contribution is -3.00. The van der Waals surface area contributed by atoms with Crippen molar-refractivity contribution < 1.29 is 17.0 Å². The first kappa shape index (κ1) is 13.9. The number of para-hydroxylation sites is 1. The summed E-state index contributed by atoms with van der Waals surface area (Å²) in [5.74, 6) is 0. The molecule has 0 atom stereocenters. The number of benzene rings is 2. The molecule has 1 aromatic heterocycles. The Morgan fingerprint density at radius 3 is 2.55 bits per heavy atom. The van der Waals surface area contributed by atoms with Gasteiger partial charge in [0.25, 0.3) is 0 Å². The zero-order chi connectivity index (χ0) is 13.4. The third-order valence-corrected chi connectivity index (χ3v) is 3.35. The largest absolute Gasteiger partial charge is 1.00 e. The van der Waals surface area contributed by atoms with E-state index in [1.165, 1.54) is 0 Å². The summed E-state index contributed by atoms with van der Waals surface area (Å²) in [5.41, 5.74) is 18.1. The van der Waals surface area contributed by atoms with E-state index in [-0.39, 0.29) is 12.4 Å². The van der Waals surface area contributed by atoms with Crippen LogP contribution in [0.1, 0.15) is 0 Å². The number of rotatable bonds is 1. The van der Waals surface area contributed by atoms with Gasteiger partial charge in [0.15, 0.2) is 0 Å². The summed E-state index contributed by atoms with van der Waals surface area (Å²) < 4.78 is 2.08. The number of halogens is 1. The molecule has 5 nitrogen and oxygen atoms in total. The number of fused-ring (bicyclic) bond motifs is 2. The molecule has 0 spiro atoms. The molecule has 1 heterocycles. The second kappa shape index (κ2) is 5.25. The predicted molar refractivity (Wildman–Crippen MR) is 75.8 cm³/mol. The Balaban J connectivity index is 0.00000147. The Kier molecular flexibility index (Phi) is 3.66. The van der Waals surface area contributed by atoms with Crippen molar-refractivity contribution in [1.82, 2.24) is 0 Å². The number of pyridine rings is 1. The first-order valence-electron chi connectivity index (χ1n) is 5.87. The van der Waals surface area contributed by atoms with Crippen molar-refractivity contribution in [1.29, 1.82) is 0 Å². The van der Waals surface area contributed by atoms with E-state index < -0.39 is 0 Å². The standard InChI is InChI=1S/C14H11N5.ClH/c1-19-12-5-3-2-4-10(12)14(15)11-8-9(17-18-16)6-7-13(11)19;/h2-8,15H,1H3;1H. The van der Waals surface area contributed by atoms with Gasteiger partial charge in [-0.25, -0.2) is 0 Å². The highest BCUT2D eigenvalue weighted by molar-refractivity contribution is 6.04. The molecular formula is C14H12ClN5. The van der Waals surface area contributed by atoms with Crippen molar-refractivity contribution in [3.8, 4) is 0 Å². The van der Waals surface area contributed by atoms with Crippen LogP contribution in [-0.4, -0.2) is 0 Å². The fraction of sp³-hybridized carbons (Fsp3) is 0.0714. The average Bonchev–Trinajstić information content (AvgIpc) is 2.45. The van der Waals surface area contributed by atoms with Crippen LogP contribution < -0.4 is 22.7 Å². The Bertz CT molecular complexity index is 853. The first-order valence-corrected chi connectivity index (χ1v) is 5.87. The molecule has 20 heavy (non-hydrogen) atoms. The van der Waals surface area contributed by atoms with Gasteiger partial charge in [-0.05, 0) is 23.7 Å². The number of azide groups is 1. The topological polar surface area (TPSA) is 78.7 Å². The van der Waals surface area contributed by atoms with E-state index in [9.17, 15) is 0 Å². The molecule has 0 fully saturated rings. The van der Waals surface area contributed by atoms with E-state index in [0.717, 1.165) is 21.8 Å². The highest BCUT2D eigenvalue weighted by Crippen LogP contribution is 2.29. The van der Waals surface area contributed by atoms with Gasteiger partial charge in [-0.1, -0.05) is 17.2 Å². The lowest BCUT2D eigenvalue weighted by atomic mass is 10.1. The molecule has 0 saturated carbocycles. The molecular weight excluding hydrogens is 274 g/mol. The fourth-order valence-electron chi connectivity index (χ4n) is 2.41. The summed E-state index contributed by atoms with van der Waals surface area (Å²) in [6.45, 7) is 0. The molecule has 0 unspecified atom stereocenters. The highest BCUT2D eigenvalue weighted by atomic mass is 35.5. The SMILES string of the molecule is C[n+]1c2ccccc2c(N)c2cc(N=[N+]=[N-])ccc21.[Cl-]. The van der Waals surface area contributed by atoms with Crippen molar-refractivity contribution >= 4 is 33.2 Å². The van der Waals surface area contributed by atoms with Crippen molar-refractivity contribution in [2.75, 3.05) is 5.73 Å². The molecule has 0 amide bonds. The Morgan fingerprint density at radius 2 is 1.80 bits per heavy atom. The second-order valence-electron chi connectivity index (χ2n) is 4.38. The number of nitrogens with zero attached hydrogens (tertiary/aromatic N) is 4. The Morgan fingerprint density at radius 1 is 1.10 bits per heavy atom. The van der Waals surface area contributed by atoms with Crippen LogP contribution in [-0.2, 0) is 7.05 Å². The zero-order valence-corrected chi connectivity index (χ0v) is 11.5. The first-order chi connectivity index (χ1) is 9.22. The average molecular weight is 286 g/mol. The summed E-state index contributed by atoms with van der Waals surface area (Å²) in [6.07, 6.45) is 0. The molecule has 2 aromatic carbocycles. The molecule has 6 heteroatoms. The van der Waals surface area contributed by atoms with Gasteiger partial charge in [0.05, 0.1) is 16.5 Å². The number of aromatic nitrogens is 1. The number of nitrogen functional groups attached to an aromatic ring is 1. The molecule has 0 bridgehead atoms. The van der Waals surface area contributed by atoms with Crippen molar-refractivity contribution in [2.45, 2.75) is 0 Å². The Hall–Kier alpha value is -2.49. The summed E-state index contributed by atoms with van der Waals surface area (Å²) in [4.78, 5) is 2.80. The number of aryl methyl sites for hydroxylation is 1. The monoisotopic (exact) mass is 285 g/mol. The van der Waals surface area contributed by atoms with Gasteiger partial charge < -0.3 is 18.1 Å². The van der Waals surface area contributed by atoms with Crippen LogP contribution in [0.15, 0.2) is 47.6 Å². The lowest BCUT2D eigenvalue weighted by molar-refractivity contribution is -0.617. The Labute approximate surface area is 121 Å². The molecule has 100 valence electrons. The summed E-state index contributed by atoms with van der Waals surface area (Å²) in [7, 11) is 2.00. The van der Waals surface area contributed by atoms with Gasteiger partial charge in [-0.3, -0.25) is 0 Å². The maximum atomic E-state index is 8.51. The molecule has 0 radical (unpaired) electrons. The third-order valence-electron chi connectivity index (χ3n) is 3.35. The van der Waals surface area contributed by atoms with Gasteiger partial charge in [0.1, 0.15) is 7.05 Å². The number of anilines is 1. The molecule has 3 aromatic rings. The molecule has 0 aliphatic carbocycles. The van der Waals surface area contributed by atoms with Crippen LogP contribution in [0.2, 0.25) is 0 Å². The van der Waals surface area contributed by atoms with Crippen LogP contribution in [0, 0.1) is 0 Å². The quantitative estimate of drug-likeness (QED) is 0.226. The number of hydrogen-bond acceptors (Lipinski definition) is 2. The summed E-state index contributed by atoms with van der Waals surface area (Å²) in [6, 6.07) is 13.5. The molecule has 3 rings (SSSR count). The maximum Gasteiger partial charge on any atom is 0.214 e. The van der Waals surface area contributed by atoms with Crippen LogP contribution in [0.4, 0.5) is 11.4 Å². The van der Waals surface area contributed by atoms with Crippen LogP contribution in [0.3, 0.4) is 0 Å². The van der Waals surface area contributed by atoms with E-state index in [0.29, 0.717) is 11.4 Å². The van der Waals surface area contributed by atoms with Crippen molar-refractivity contribution in [3.05, 3.63) is 52.9 Å². The summed E-state index contributed by atoms with van der Waals surface area (Å²) in [5, 5.41) is 5.51. The highest BCUT2D eigenvalue weighted by Gasteiger charge is 2.15. The van der Waals surface area contributed by atoms with Crippen LogP contribution >= 0.6 is 0 Å². The van der Waals surface area contributed by atoms with Gasteiger partial charge in [0, 0.05) is 22.7 Å². The molecule has 0 aliphatic heterocycles. The lowest BCUT2D eigenvalue weighted by Gasteiger charge is -2.06. The normalized spacial score (nSPS) is 10.1. The molecule has 0 aliphatic rings.